The molecular weight excluding hydrogens is 312 g/mol. The lowest BCUT2D eigenvalue weighted by Crippen LogP contribution is -2.14. The summed E-state index contributed by atoms with van der Waals surface area (Å²) in [6.07, 6.45) is 2.02. The van der Waals surface area contributed by atoms with E-state index < -0.39 is 10.1 Å². The number of hydrogen-bond acceptors (Lipinski definition) is 6. The maximum atomic E-state index is 11.8. The van der Waals surface area contributed by atoms with E-state index in [0.29, 0.717) is 19.8 Å². The Labute approximate surface area is 131 Å². The maximum Gasteiger partial charge on any atom is 0.297 e. The molecule has 21 heavy (non-hydrogen) atoms. The molecule has 0 saturated carbocycles. The van der Waals surface area contributed by atoms with Crippen molar-refractivity contribution < 1.29 is 22.1 Å². The van der Waals surface area contributed by atoms with Gasteiger partial charge in [0, 0.05) is 5.75 Å². The van der Waals surface area contributed by atoms with Crippen LogP contribution in [0.1, 0.15) is 5.56 Å². The normalized spacial score (nSPS) is 11.7. The van der Waals surface area contributed by atoms with E-state index in [1.54, 1.807) is 23.9 Å². The van der Waals surface area contributed by atoms with Gasteiger partial charge in [-0.15, -0.1) is 0 Å². The first-order valence-corrected chi connectivity index (χ1v) is 9.47. The van der Waals surface area contributed by atoms with Crippen molar-refractivity contribution in [1.29, 1.82) is 0 Å². The van der Waals surface area contributed by atoms with Crippen LogP contribution in [0.15, 0.2) is 29.2 Å². The van der Waals surface area contributed by atoms with E-state index in [9.17, 15) is 8.42 Å². The molecule has 0 aliphatic carbocycles. The molecule has 5 nitrogen and oxygen atoms in total. The highest BCUT2D eigenvalue weighted by Gasteiger charge is 2.14. The van der Waals surface area contributed by atoms with Crippen molar-refractivity contribution in [2.24, 2.45) is 0 Å². The second-order valence-corrected chi connectivity index (χ2v) is 6.91. The molecule has 0 atom stereocenters. The van der Waals surface area contributed by atoms with Gasteiger partial charge in [0.1, 0.15) is 0 Å². The molecule has 0 unspecified atom stereocenters. The summed E-state index contributed by atoms with van der Waals surface area (Å²) in [5.41, 5.74) is 0.999. The van der Waals surface area contributed by atoms with Crippen molar-refractivity contribution >= 4 is 21.9 Å². The van der Waals surface area contributed by atoms with Crippen LogP contribution in [0.4, 0.5) is 0 Å². The lowest BCUT2D eigenvalue weighted by molar-refractivity contribution is 0.0421. The van der Waals surface area contributed by atoms with Crippen LogP contribution in [0.3, 0.4) is 0 Å². The van der Waals surface area contributed by atoms with E-state index in [0.717, 1.165) is 11.3 Å². The Morgan fingerprint density at radius 1 is 0.952 bits per heavy atom. The number of rotatable bonds is 11. The topological polar surface area (TPSA) is 61.8 Å². The lowest BCUT2D eigenvalue weighted by Gasteiger charge is -2.07. The van der Waals surface area contributed by atoms with Crippen molar-refractivity contribution in [2.75, 3.05) is 45.0 Å². The minimum atomic E-state index is -3.70. The predicted octanol–water partition coefficient (Wildman–Crippen LogP) is 2.10. The molecule has 0 radical (unpaired) electrons. The first-order chi connectivity index (χ1) is 10.1. The molecule has 1 aromatic carbocycles. The molecule has 0 aliphatic rings. The van der Waals surface area contributed by atoms with E-state index in [2.05, 4.69) is 0 Å². The van der Waals surface area contributed by atoms with Crippen molar-refractivity contribution in [3.63, 3.8) is 0 Å². The number of thioether (sulfide) groups is 1. The highest BCUT2D eigenvalue weighted by atomic mass is 32.2. The molecule has 0 bridgehead atoms. The summed E-state index contributed by atoms with van der Waals surface area (Å²) in [6, 6.07) is 6.54. The van der Waals surface area contributed by atoms with Gasteiger partial charge in [0.25, 0.3) is 10.1 Å². The zero-order valence-electron chi connectivity index (χ0n) is 12.4. The van der Waals surface area contributed by atoms with E-state index in [-0.39, 0.29) is 18.1 Å². The summed E-state index contributed by atoms with van der Waals surface area (Å²) in [5, 5.41) is 0. The fourth-order valence-corrected chi connectivity index (χ4v) is 2.62. The van der Waals surface area contributed by atoms with Crippen LogP contribution in [0.5, 0.6) is 0 Å². The zero-order valence-corrected chi connectivity index (χ0v) is 14.0. The van der Waals surface area contributed by atoms with Crippen molar-refractivity contribution in [1.82, 2.24) is 0 Å². The average molecular weight is 334 g/mol. The van der Waals surface area contributed by atoms with Crippen molar-refractivity contribution in [2.45, 2.75) is 11.8 Å². The Morgan fingerprint density at radius 2 is 1.52 bits per heavy atom. The van der Waals surface area contributed by atoms with Crippen molar-refractivity contribution in [3.8, 4) is 0 Å². The fraction of sp³-hybridized carbons (Fsp3) is 0.571. The molecule has 0 heterocycles. The van der Waals surface area contributed by atoms with Gasteiger partial charge >= 0.3 is 0 Å². The molecule has 0 saturated heterocycles. The molecule has 1 aromatic rings. The molecular formula is C14H22O5S2. The average Bonchev–Trinajstić information content (AvgIpc) is 2.46. The molecule has 7 heteroatoms. The molecule has 0 amide bonds. The number of aryl methyl sites for hydroxylation is 1. The van der Waals surface area contributed by atoms with E-state index >= 15 is 0 Å². The van der Waals surface area contributed by atoms with Gasteiger partial charge < -0.3 is 9.47 Å². The minimum Gasteiger partial charge on any atom is -0.378 e. The molecule has 0 aliphatic heterocycles. The maximum absolute atomic E-state index is 11.8. The van der Waals surface area contributed by atoms with Crippen LogP contribution in [0.2, 0.25) is 0 Å². The van der Waals surface area contributed by atoms with E-state index in [4.69, 9.17) is 13.7 Å². The number of ether oxygens (including phenoxy) is 2. The highest BCUT2D eigenvalue weighted by Crippen LogP contribution is 2.12. The third-order valence-electron chi connectivity index (χ3n) is 2.58. The number of benzene rings is 1. The van der Waals surface area contributed by atoms with Gasteiger partial charge in [0.2, 0.25) is 0 Å². The van der Waals surface area contributed by atoms with Crippen LogP contribution in [0.25, 0.3) is 0 Å². The quantitative estimate of drug-likeness (QED) is 0.456. The second kappa shape index (κ2) is 10.2. The van der Waals surface area contributed by atoms with Crippen molar-refractivity contribution in [3.05, 3.63) is 29.8 Å². The van der Waals surface area contributed by atoms with Crippen LogP contribution >= 0.6 is 11.8 Å². The summed E-state index contributed by atoms with van der Waals surface area (Å²) < 4.78 is 39.1. The standard InChI is InChI=1S/C14H22O5S2/c1-13-3-5-14(6-4-13)21(15,16)19-10-9-17-7-8-18-11-12-20-2/h3-6H,7-12H2,1-2H3. The monoisotopic (exact) mass is 334 g/mol. The van der Waals surface area contributed by atoms with Gasteiger partial charge in [-0.05, 0) is 25.3 Å². The van der Waals surface area contributed by atoms with Gasteiger partial charge in [-0.3, -0.25) is 4.18 Å². The Kier molecular flexibility index (Phi) is 8.94. The fourth-order valence-electron chi connectivity index (χ4n) is 1.44. The molecule has 0 spiro atoms. The Balaban J connectivity index is 2.15. The third-order valence-corrected chi connectivity index (χ3v) is 4.48. The summed E-state index contributed by atoms with van der Waals surface area (Å²) in [7, 11) is -3.70. The molecule has 0 aromatic heterocycles. The highest BCUT2D eigenvalue weighted by molar-refractivity contribution is 7.98. The summed E-state index contributed by atoms with van der Waals surface area (Å²) in [4.78, 5) is 0.161. The summed E-state index contributed by atoms with van der Waals surface area (Å²) in [5.74, 6) is 0.956. The van der Waals surface area contributed by atoms with E-state index in [1.165, 1.54) is 12.1 Å². The number of hydrogen-bond donors (Lipinski definition) is 0. The molecule has 120 valence electrons. The Hall–Kier alpha value is -0.600. The molecule has 1 rings (SSSR count). The van der Waals surface area contributed by atoms with Gasteiger partial charge in [-0.2, -0.15) is 20.2 Å². The van der Waals surface area contributed by atoms with Crippen LogP contribution in [-0.2, 0) is 23.8 Å². The Morgan fingerprint density at radius 3 is 2.14 bits per heavy atom. The zero-order chi connectivity index (χ0) is 15.6. The van der Waals surface area contributed by atoms with Gasteiger partial charge in [0.15, 0.2) is 0 Å². The largest absolute Gasteiger partial charge is 0.378 e. The minimum absolute atomic E-state index is 0.00101. The third kappa shape index (κ3) is 7.82. The van der Waals surface area contributed by atoms with E-state index in [1.807, 2.05) is 13.2 Å². The van der Waals surface area contributed by atoms with Crippen LogP contribution in [0, 0.1) is 6.92 Å². The lowest BCUT2D eigenvalue weighted by atomic mass is 10.2. The predicted molar refractivity (Wildman–Crippen MR) is 84.3 cm³/mol. The smallest absolute Gasteiger partial charge is 0.297 e. The summed E-state index contributed by atoms with van der Waals surface area (Å²) in [6.45, 7) is 3.75. The van der Waals surface area contributed by atoms with Crippen LogP contribution in [-0.4, -0.2) is 53.5 Å². The SMILES string of the molecule is CSCCOCCOCCOS(=O)(=O)c1ccc(C)cc1. The molecule has 0 N–H and O–H groups in total. The second-order valence-electron chi connectivity index (χ2n) is 4.31. The van der Waals surface area contributed by atoms with Gasteiger partial charge in [-0.25, -0.2) is 0 Å². The Bertz CT molecular complexity index is 485. The first-order valence-electron chi connectivity index (χ1n) is 6.67. The van der Waals surface area contributed by atoms with Crippen LogP contribution < -0.4 is 0 Å². The molecule has 0 fully saturated rings. The van der Waals surface area contributed by atoms with Gasteiger partial charge in [-0.1, -0.05) is 17.7 Å². The van der Waals surface area contributed by atoms with Gasteiger partial charge in [0.05, 0.1) is 37.9 Å². The summed E-state index contributed by atoms with van der Waals surface area (Å²) >= 11 is 1.72. The first kappa shape index (κ1) is 18.4.